The van der Waals surface area contributed by atoms with E-state index in [1.165, 1.54) is 0 Å². The molecule has 6 nitrogen and oxygen atoms in total. The maximum absolute atomic E-state index is 12.5. The molecule has 2 aromatic rings. The highest BCUT2D eigenvalue weighted by Gasteiger charge is 2.26. The van der Waals surface area contributed by atoms with Crippen LogP contribution < -0.4 is 5.32 Å². The first kappa shape index (κ1) is 17.6. The normalized spacial score (nSPS) is 20.7. The minimum absolute atomic E-state index is 0.147. The molecule has 0 bridgehead atoms. The molecule has 1 heterocycles. The number of para-hydroxylation sites is 1. The molecule has 0 radical (unpaired) electrons. The summed E-state index contributed by atoms with van der Waals surface area (Å²) in [6.45, 7) is 6.10. The lowest BCUT2D eigenvalue weighted by molar-refractivity contribution is 0.0710. The van der Waals surface area contributed by atoms with Gasteiger partial charge in [-0.2, -0.15) is 0 Å². The van der Waals surface area contributed by atoms with Crippen LogP contribution in [-0.2, 0) is 0 Å². The van der Waals surface area contributed by atoms with Crippen molar-refractivity contribution in [3.8, 4) is 5.69 Å². The molecule has 3 rings (SSSR count). The average molecular weight is 342 g/mol. The highest BCUT2D eigenvalue weighted by atomic mass is 16.3. The maximum Gasteiger partial charge on any atom is 0.291 e. The van der Waals surface area contributed by atoms with E-state index in [0.717, 1.165) is 36.9 Å². The highest BCUT2D eigenvalue weighted by Crippen LogP contribution is 2.23. The summed E-state index contributed by atoms with van der Waals surface area (Å²) in [5, 5.41) is 17.4. The molecule has 1 aliphatic rings. The fourth-order valence-corrected chi connectivity index (χ4v) is 3.40. The van der Waals surface area contributed by atoms with E-state index in [9.17, 15) is 9.90 Å². The number of hydrogen-bond donors (Lipinski definition) is 2. The summed E-state index contributed by atoms with van der Waals surface area (Å²) in [4.78, 5) is 16.8. The Balaban J connectivity index is 1.84. The third-order valence-electron chi connectivity index (χ3n) is 4.80. The monoisotopic (exact) mass is 342 g/mol. The number of benzene rings is 1. The van der Waals surface area contributed by atoms with E-state index in [1.807, 2.05) is 25.1 Å². The van der Waals surface area contributed by atoms with Crippen LogP contribution in [0.1, 0.15) is 67.5 Å². The summed E-state index contributed by atoms with van der Waals surface area (Å²) in [7, 11) is 0. The van der Waals surface area contributed by atoms with E-state index in [0.29, 0.717) is 11.7 Å². The third kappa shape index (κ3) is 3.74. The molecule has 1 aliphatic carbocycles. The lowest BCUT2D eigenvalue weighted by Crippen LogP contribution is -2.45. The summed E-state index contributed by atoms with van der Waals surface area (Å²) >= 11 is 0. The standard InChI is InChI=1S/C19H26N4O2/c1-12(2)14-8-4-6-10-16(14)23-13(3)20-18(22-23)19(25)21-15-9-5-7-11-17(15)24/h4,6,8,10,12,15,17,24H,5,7,9,11H2,1-3H3,(H,21,25). The molecule has 2 atom stereocenters. The molecule has 1 saturated carbocycles. The Hall–Kier alpha value is -2.21. The molecule has 2 unspecified atom stereocenters. The third-order valence-corrected chi connectivity index (χ3v) is 4.80. The lowest BCUT2D eigenvalue weighted by Gasteiger charge is -2.27. The van der Waals surface area contributed by atoms with E-state index >= 15 is 0 Å². The summed E-state index contributed by atoms with van der Waals surface area (Å²) in [5.41, 5.74) is 2.10. The van der Waals surface area contributed by atoms with Gasteiger partial charge >= 0.3 is 0 Å². The van der Waals surface area contributed by atoms with Crippen LogP contribution in [0.5, 0.6) is 0 Å². The molecule has 6 heteroatoms. The first-order valence-electron chi connectivity index (χ1n) is 8.99. The molecule has 134 valence electrons. The van der Waals surface area contributed by atoms with E-state index in [4.69, 9.17) is 0 Å². The molecular weight excluding hydrogens is 316 g/mol. The van der Waals surface area contributed by atoms with Gasteiger partial charge in [0.2, 0.25) is 5.82 Å². The van der Waals surface area contributed by atoms with Crippen molar-refractivity contribution in [1.29, 1.82) is 0 Å². The Morgan fingerprint density at radius 3 is 2.72 bits per heavy atom. The summed E-state index contributed by atoms with van der Waals surface area (Å²) in [6, 6.07) is 7.81. The number of aryl methyl sites for hydroxylation is 1. The Morgan fingerprint density at radius 2 is 2.00 bits per heavy atom. The number of nitrogens with zero attached hydrogens (tertiary/aromatic N) is 3. The van der Waals surface area contributed by atoms with Crippen LogP contribution in [-0.4, -0.2) is 37.9 Å². The zero-order valence-corrected chi connectivity index (χ0v) is 15.1. The second kappa shape index (κ2) is 7.35. The van der Waals surface area contributed by atoms with Gasteiger partial charge in [-0.15, -0.1) is 5.10 Å². The second-order valence-corrected chi connectivity index (χ2v) is 7.04. The summed E-state index contributed by atoms with van der Waals surface area (Å²) < 4.78 is 1.72. The topological polar surface area (TPSA) is 80.0 Å². The first-order valence-corrected chi connectivity index (χ1v) is 8.99. The van der Waals surface area contributed by atoms with Gasteiger partial charge in [0, 0.05) is 0 Å². The van der Waals surface area contributed by atoms with Crippen molar-refractivity contribution >= 4 is 5.91 Å². The van der Waals surface area contributed by atoms with Gasteiger partial charge in [-0.25, -0.2) is 9.67 Å². The molecule has 1 fully saturated rings. The number of carbonyl (C=O) groups excluding carboxylic acids is 1. The molecule has 1 amide bonds. The van der Waals surface area contributed by atoms with Crippen LogP contribution in [0.15, 0.2) is 24.3 Å². The van der Waals surface area contributed by atoms with E-state index in [2.05, 4.69) is 35.3 Å². The SMILES string of the molecule is Cc1nc(C(=O)NC2CCCCC2O)nn1-c1ccccc1C(C)C. The van der Waals surface area contributed by atoms with Crippen LogP contribution in [0, 0.1) is 6.92 Å². The Morgan fingerprint density at radius 1 is 1.28 bits per heavy atom. The number of carbonyl (C=O) groups is 1. The van der Waals surface area contributed by atoms with Gasteiger partial charge in [-0.1, -0.05) is 44.9 Å². The van der Waals surface area contributed by atoms with E-state index in [1.54, 1.807) is 4.68 Å². The largest absolute Gasteiger partial charge is 0.391 e. The van der Waals surface area contributed by atoms with Gasteiger partial charge in [0.25, 0.3) is 5.91 Å². The molecule has 25 heavy (non-hydrogen) atoms. The molecule has 1 aromatic heterocycles. The predicted molar refractivity (Wildman–Crippen MR) is 95.9 cm³/mol. The quantitative estimate of drug-likeness (QED) is 0.895. The Bertz CT molecular complexity index is 754. The summed E-state index contributed by atoms with van der Waals surface area (Å²) in [5.74, 6) is 0.834. The highest BCUT2D eigenvalue weighted by molar-refractivity contribution is 5.90. The number of hydrogen-bond acceptors (Lipinski definition) is 4. The maximum atomic E-state index is 12.5. The van der Waals surface area contributed by atoms with Crippen molar-refractivity contribution in [2.75, 3.05) is 0 Å². The fourth-order valence-electron chi connectivity index (χ4n) is 3.40. The van der Waals surface area contributed by atoms with Crippen molar-refractivity contribution in [3.05, 3.63) is 41.5 Å². The first-order chi connectivity index (χ1) is 12.0. The van der Waals surface area contributed by atoms with Gasteiger partial charge in [-0.3, -0.25) is 4.79 Å². The van der Waals surface area contributed by atoms with E-state index in [-0.39, 0.29) is 17.8 Å². The number of aromatic nitrogens is 3. The van der Waals surface area contributed by atoms with Crippen LogP contribution in [0.2, 0.25) is 0 Å². The fraction of sp³-hybridized carbons (Fsp3) is 0.526. The van der Waals surface area contributed by atoms with Crippen molar-refractivity contribution in [2.45, 2.75) is 64.5 Å². The van der Waals surface area contributed by atoms with Crippen molar-refractivity contribution in [2.24, 2.45) is 0 Å². The number of amides is 1. The van der Waals surface area contributed by atoms with Crippen LogP contribution in [0.4, 0.5) is 0 Å². The van der Waals surface area contributed by atoms with Crippen LogP contribution >= 0.6 is 0 Å². The van der Waals surface area contributed by atoms with Crippen molar-refractivity contribution in [1.82, 2.24) is 20.1 Å². The van der Waals surface area contributed by atoms with Gasteiger partial charge in [0.15, 0.2) is 0 Å². The Labute approximate surface area is 148 Å². The minimum atomic E-state index is -0.484. The smallest absolute Gasteiger partial charge is 0.291 e. The number of rotatable bonds is 4. The number of aliphatic hydroxyl groups is 1. The Kier molecular flexibility index (Phi) is 5.18. The molecule has 0 spiro atoms. The van der Waals surface area contributed by atoms with Gasteiger partial charge in [-0.05, 0) is 37.3 Å². The predicted octanol–water partition coefficient (Wildman–Crippen LogP) is 2.73. The van der Waals surface area contributed by atoms with Crippen molar-refractivity contribution < 1.29 is 9.90 Å². The number of aliphatic hydroxyl groups excluding tert-OH is 1. The van der Waals surface area contributed by atoms with Crippen LogP contribution in [0.3, 0.4) is 0 Å². The van der Waals surface area contributed by atoms with Gasteiger partial charge in [0.1, 0.15) is 5.82 Å². The molecule has 1 aromatic carbocycles. The van der Waals surface area contributed by atoms with Gasteiger partial charge < -0.3 is 10.4 Å². The average Bonchev–Trinajstić information content (AvgIpc) is 2.98. The zero-order valence-electron chi connectivity index (χ0n) is 15.1. The molecule has 2 N–H and O–H groups in total. The zero-order chi connectivity index (χ0) is 18.0. The number of nitrogens with one attached hydrogen (secondary N) is 1. The minimum Gasteiger partial charge on any atom is -0.391 e. The lowest BCUT2D eigenvalue weighted by atomic mass is 9.92. The summed E-state index contributed by atoms with van der Waals surface area (Å²) in [6.07, 6.45) is 3.06. The second-order valence-electron chi connectivity index (χ2n) is 7.04. The van der Waals surface area contributed by atoms with E-state index < -0.39 is 6.10 Å². The molecule has 0 aliphatic heterocycles. The van der Waals surface area contributed by atoms with Gasteiger partial charge in [0.05, 0.1) is 17.8 Å². The van der Waals surface area contributed by atoms with Crippen LogP contribution in [0.25, 0.3) is 5.69 Å². The molecular formula is C19H26N4O2. The van der Waals surface area contributed by atoms with Crippen molar-refractivity contribution in [3.63, 3.8) is 0 Å². The molecule has 0 saturated heterocycles.